The molecule has 2 amide bonds. The predicted octanol–water partition coefficient (Wildman–Crippen LogP) is 4.75. The smallest absolute Gasteiger partial charge is 0.321 e. The number of benzene rings is 4. The molecule has 7 heteroatoms. The SMILES string of the molecule is O=C(CN1Cc2ccccc2C[C@H](N2C(=O)c3cccc(O)c3C2=O)C1)OC(c1ccccc1)c1ccccc1. The second-order valence-corrected chi connectivity index (χ2v) is 10.2. The fourth-order valence-electron chi connectivity index (χ4n) is 5.68. The summed E-state index contributed by atoms with van der Waals surface area (Å²) in [6.45, 7) is 0.740. The van der Waals surface area contributed by atoms with Crippen molar-refractivity contribution in [2.24, 2.45) is 0 Å². The predicted molar refractivity (Wildman–Crippen MR) is 149 cm³/mol. The maximum Gasteiger partial charge on any atom is 0.321 e. The van der Waals surface area contributed by atoms with Gasteiger partial charge in [0.25, 0.3) is 11.8 Å². The Bertz CT molecular complexity index is 1530. The van der Waals surface area contributed by atoms with Crippen molar-refractivity contribution < 1.29 is 24.2 Å². The fourth-order valence-corrected chi connectivity index (χ4v) is 5.68. The monoisotopic (exact) mass is 532 g/mol. The summed E-state index contributed by atoms with van der Waals surface area (Å²) in [5.41, 5.74) is 4.00. The minimum Gasteiger partial charge on any atom is -0.507 e. The van der Waals surface area contributed by atoms with Crippen molar-refractivity contribution in [3.8, 4) is 5.75 Å². The van der Waals surface area contributed by atoms with E-state index < -0.39 is 29.9 Å². The molecular formula is C33H28N2O5. The molecule has 1 atom stereocenters. The molecule has 4 aromatic rings. The van der Waals surface area contributed by atoms with Gasteiger partial charge in [-0.3, -0.25) is 24.2 Å². The minimum atomic E-state index is -0.566. The van der Waals surface area contributed by atoms with Gasteiger partial charge in [0, 0.05) is 13.1 Å². The lowest BCUT2D eigenvalue weighted by Crippen LogP contribution is -2.47. The molecule has 2 aliphatic rings. The molecule has 6 rings (SSSR count). The summed E-state index contributed by atoms with van der Waals surface area (Å²) < 4.78 is 6.06. The average Bonchev–Trinajstić information content (AvgIpc) is 3.11. The molecule has 1 N–H and O–H groups in total. The molecule has 0 aliphatic carbocycles. The van der Waals surface area contributed by atoms with Crippen LogP contribution in [0.3, 0.4) is 0 Å². The molecule has 7 nitrogen and oxygen atoms in total. The van der Waals surface area contributed by atoms with E-state index in [2.05, 4.69) is 0 Å². The largest absolute Gasteiger partial charge is 0.507 e. The first-order chi connectivity index (χ1) is 19.5. The van der Waals surface area contributed by atoms with Crippen LogP contribution < -0.4 is 0 Å². The van der Waals surface area contributed by atoms with Crippen LogP contribution in [0.25, 0.3) is 0 Å². The van der Waals surface area contributed by atoms with Crippen molar-refractivity contribution in [1.29, 1.82) is 0 Å². The van der Waals surface area contributed by atoms with Gasteiger partial charge in [0.2, 0.25) is 0 Å². The van der Waals surface area contributed by atoms with E-state index in [0.29, 0.717) is 13.0 Å². The van der Waals surface area contributed by atoms with E-state index in [4.69, 9.17) is 4.74 Å². The van der Waals surface area contributed by atoms with E-state index in [1.165, 1.54) is 11.0 Å². The number of ether oxygens (including phenoxy) is 1. The molecule has 0 saturated carbocycles. The summed E-state index contributed by atoms with van der Waals surface area (Å²) in [6, 6.07) is 31.1. The van der Waals surface area contributed by atoms with Crippen LogP contribution in [0.1, 0.15) is 49.1 Å². The van der Waals surface area contributed by atoms with Crippen molar-refractivity contribution in [1.82, 2.24) is 9.80 Å². The number of rotatable bonds is 6. The highest BCUT2D eigenvalue weighted by Crippen LogP contribution is 2.34. The summed E-state index contributed by atoms with van der Waals surface area (Å²) in [4.78, 5) is 43.3. The first-order valence-corrected chi connectivity index (χ1v) is 13.3. The lowest BCUT2D eigenvalue weighted by molar-refractivity contribution is -0.149. The number of amides is 2. The van der Waals surface area contributed by atoms with Crippen LogP contribution >= 0.6 is 0 Å². The van der Waals surface area contributed by atoms with Gasteiger partial charge in [0.05, 0.1) is 23.7 Å². The number of phenols is 1. The molecule has 0 radical (unpaired) electrons. The fraction of sp³-hybridized carbons (Fsp3) is 0.182. The maximum atomic E-state index is 13.4. The lowest BCUT2D eigenvalue weighted by atomic mass is 10.0. The Hall–Kier alpha value is -4.75. The second kappa shape index (κ2) is 10.8. The van der Waals surface area contributed by atoms with E-state index in [-0.39, 0.29) is 30.0 Å². The molecule has 200 valence electrons. The maximum absolute atomic E-state index is 13.4. The molecule has 2 aliphatic heterocycles. The summed E-state index contributed by atoms with van der Waals surface area (Å²) in [6.07, 6.45) is -0.117. The Morgan fingerprint density at radius 3 is 2.08 bits per heavy atom. The standard InChI is InChI=1S/C33H28N2O5/c36-28-17-9-16-27-30(28)33(39)35(32(27)38)26-18-24-14-7-8-15-25(24)19-34(20-26)21-29(37)40-31(22-10-3-1-4-11-22)23-12-5-2-6-13-23/h1-17,26,31,36H,18-21H2/t26-/m0/s1. The number of carbonyl (C=O) groups is 3. The molecule has 0 unspecified atom stereocenters. The minimum absolute atomic E-state index is 0.0184. The van der Waals surface area contributed by atoms with Crippen molar-refractivity contribution >= 4 is 17.8 Å². The van der Waals surface area contributed by atoms with Crippen molar-refractivity contribution in [3.63, 3.8) is 0 Å². The molecule has 0 spiro atoms. The van der Waals surface area contributed by atoms with Crippen LogP contribution in [0.5, 0.6) is 5.75 Å². The molecular weight excluding hydrogens is 504 g/mol. The van der Waals surface area contributed by atoms with E-state index in [1.807, 2.05) is 89.8 Å². The van der Waals surface area contributed by atoms with Gasteiger partial charge < -0.3 is 9.84 Å². The number of hydrogen-bond acceptors (Lipinski definition) is 6. The van der Waals surface area contributed by atoms with Gasteiger partial charge in [-0.25, -0.2) is 0 Å². The van der Waals surface area contributed by atoms with Gasteiger partial charge in [-0.15, -0.1) is 0 Å². The Morgan fingerprint density at radius 2 is 1.43 bits per heavy atom. The number of carbonyl (C=O) groups excluding carboxylic acids is 3. The molecule has 0 saturated heterocycles. The zero-order chi connectivity index (χ0) is 27.6. The van der Waals surface area contributed by atoms with E-state index >= 15 is 0 Å². The Balaban J connectivity index is 1.27. The van der Waals surface area contributed by atoms with E-state index in [1.54, 1.807) is 12.1 Å². The highest BCUT2D eigenvalue weighted by atomic mass is 16.5. The first kappa shape index (κ1) is 25.5. The number of esters is 1. The number of phenolic OH excluding ortho intramolecular Hbond substituents is 1. The highest BCUT2D eigenvalue weighted by Gasteiger charge is 2.43. The lowest BCUT2D eigenvalue weighted by Gasteiger charge is -2.29. The zero-order valence-corrected chi connectivity index (χ0v) is 21.8. The van der Waals surface area contributed by atoms with Crippen LogP contribution in [-0.4, -0.2) is 51.8 Å². The first-order valence-electron chi connectivity index (χ1n) is 13.3. The average molecular weight is 533 g/mol. The summed E-state index contributed by atoms with van der Waals surface area (Å²) in [5, 5.41) is 10.3. The van der Waals surface area contributed by atoms with Crippen LogP contribution in [-0.2, 0) is 22.5 Å². The zero-order valence-electron chi connectivity index (χ0n) is 21.8. The van der Waals surface area contributed by atoms with Crippen molar-refractivity contribution in [2.45, 2.75) is 25.1 Å². The summed E-state index contributed by atoms with van der Waals surface area (Å²) >= 11 is 0. The van der Waals surface area contributed by atoms with E-state index in [0.717, 1.165) is 22.3 Å². The quantitative estimate of drug-likeness (QED) is 0.285. The normalized spacial score (nSPS) is 16.9. The highest BCUT2D eigenvalue weighted by molar-refractivity contribution is 6.22. The third-order valence-electron chi connectivity index (χ3n) is 7.53. The molecule has 0 fully saturated rings. The third kappa shape index (κ3) is 4.87. The Labute approximate surface area is 232 Å². The van der Waals surface area contributed by atoms with Crippen LogP contribution in [0, 0.1) is 0 Å². The number of fused-ring (bicyclic) bond motifs is 2. The second-order valence-electron chi connectivity index (χ2n) is 10.2. The summed E-state index contributed by atoms with van der Waals surface area (Å²) in [5.74, 6) is -1.56. The number of nitrogens with zero attached hydrogens (tertiary/aromatic N) is 2. The molecule has 40 heavy (non-hydrogen) atoms. The molecule has 0 aromatic heterocycles. The number of aromatic hydroxyl groups is 1. The molecule has 4 aromatic carbocycles. The van der Waals surface area contributed by atoms with Crippen LogP contribution in [0.15, 0.2) is 103 Å². The third-order valence-corrected chi connectivity index (χ3v) is 7.53. The Morgan fingerprint density at radius 1 is 0.800 bits per heavy atom. The van der Waals surface area contributed by atoms with Gasteiger partial charge in [-0.05, 0) is 40.8 Å². The van der Waals surface area contributed by atoms with Gasteiger partial charge in [-0.2, -0.15) is 0 Å². The van der Waals surface area contributed by atoms with Crippen molar-refractivity contribution in [2.75, 3.05) is 13.1 Å². The topological polar surface area (TPSA) is 87.2 Å². The van der Waals surface area contributed by atoms with E-state index in [9.17, 15) is 19.5 Å². The van der Waals surface area contributed by atoms with Crippen LogP contribution in [0.2, 0.25) is 0 Å². The van der Waals surface area contributed by atoms with Crippen molar-refractivity contribution in [3.05, 3.63) is 137 Å². The number of imide groups is 1. The summed E-state index contributed by atoms with van der Waals surface area (Å²) in [7, 11) is 0. The molecule has 0 bridgehead atoms. The van der Waals surface area contributed by atoms with Crippen LogP contribution in [0.4, 0.5) is 0 Å². The van der Waals surface area contributed by atoms with Gasteiger partial charge >= 0.3 is 5.97 Å². The molecule has 2 heterocycles. The van der Waals surface area contributed by atoms with Gasteiger partial charge in [0.1, 0.15) is 5.75 Å². The number of hydrogen-bond donors (Lipinski definition) is 1. The Kier molecular flexibility index (Phi) is 6.88. The van der Waals surface area contributed by atoms with Gasteiger partial charge in [-0.1, -0.05) is 91.0 Å². The van der Waals surface area contributed by atoms with Gasteiger partial charge in [0.15, 0.2) is 6.10 Å².